The molecule has 0 saturated heterocycles. The zero-order valence-electron chi connectivity index (χ0n) is 23.8. The number of hydrogen-bond donors (Lipinski definition) is 0. The smallest absolute Gasteiger partial charge is 1.00 e. The van der Waals surface area contributed by atoms with Crippen LogP contribution in [0.5, 0.6) is 17.2 Å². The van der Waals surface area contributed by atoms with E-state index in [0.717, 1.165) is 22.0 Å². The third kappa shape index (κ3) is 9.30. The van der Waals surface area contributed by atoms with Crippen molar-refractivity contribution in [3.63, 3.8) is 0 Å². The van der Waals surface area contributed by atoms with Crippen LogP contribution in [0.15, 0.2) is 24.3 Å². The Morgan fingerprint density at radius 3 is 1.59 bits per heavy atom. The first-order valence-corrected chi connectivity index (χ1v) is 12.9. The van der Waals surface area contributed by atoms with Gasteiger partial charge in [-0.05, 0) is 58.2 Å². The summed E-state index contributed by atoms with van der Waals surface area (Å²) in [6.45, 7) is 20.5. The molecule has 0 aliphatic carbocycles. The number of benzene rings is 2. The summed E-state index contributed by atoms with van der Waals surface area (Å²) in [5.41, 5.74) is 4.08. The van der Waals surface area contributed by atoms with Gasteiger partial charge in [0.25, 0.3) is 0 Å². The van der Waals surface area contributed by atoms with E-state index < -0.39 is 0 Å². The van der Waals surface area contributed by atoms with Gasteiger partial charge in [-0.25, -0.2) is 0 Å². The van der Waals surface area contributed by atoms with Crippen molar-refractivity contribution >= 4 is 19.4 Å². The van der Waals surface area contributed by atoms with E-state index in [0.29, 0.717) is 54.8 Å². The number of aryl methyl sites for hydroxylation is 3. The molecule has 0 aliphatic heterocycles. The molecule has 1 unspecified atom stereocenters. The number of ether oxygens (including phenoxy) is 3. The molecule has 0 fully saturated rings. The predicted molar refractivity (Wildman–Crippen MR) is 141 cm³/mol. The van der Waals surface area contributed by atoms with Gasteiger partial charge in [0.1, 0.15) is 17.2 Å². The van der Waals surface area contributed by atoms with Gasteiger partial charge in [0.15, 0.2) is 5.52 Å². The van der Waals surface area contributed by atoms with Gasteiger partial charge < -0.3 is 15.6 Å². The molecular formula is C28H42LiO4P. The van der Waals surface area contributed by atoms with Crippen molar-refractivity contribution in [3.05, 3.63) is 46.5 Å². The second-order valence-electron chi connectivity index (χ2n) is 10.1. The molecule has 0 amide bonds. The van der Waals surface area contributed by atoms with Crippen molar-refractivity contribution in [2.24, 2.45) is 17.8 Å². The van der Waals surface area contributed by atoms with Crippen LogP contribution in [-0.2, 0) is 0 Å². The predicted octanol–water partition coefficient (Wildman–Crippen LogP) is 3.98. The van der Waals surface area contributed by atoms with Crippen LogP contribution >= 0.6 is 8.58 Å². The molecule has 0 bridgehead atoms. The molecule has 0 aliphatic rings. The molecule has 0 radical (unpaired) electrons. The summed E-state index contributed by atoms with van der Waals surface area (Å²) in [4.78, 5) is 13.5. The van der Waals surface area contributed by atoms with E-state index in [-0.39, 0.29) is 34.4 Å². The van der Waals surface area contributed by atoms with Crippen molar-refractivity contribution < 1.29 is 39.3 Å². The fraction of sp³-hybridized carbons (Fsp3) is 0.536. The molecule has 2 rings (SSSR count). The summed E-state index contributed by atoms with van der Waals surface area (Å²) < 4.78 is 18.4. The van der Waals surface area contributed by atoms with E-state index in [9.17, 15) is 4.79 Å². The van der Waals surface area contributed by atoms with E-state index in [4.69, 9.17) is 14.2 Å². The van der Waals surface area contributed by atoms with E-state index in [2.05, 4.69) is 60.6 Å². The quantitative estimate of drug-likeness (QED) is 0.341. The van der Waals surface area contributed by atoms with Gasteiger partial charge in [-0.2, -0.15) is 0 Å². The Morgan fingerprint density at radius 2 is 1.18 bits per heavy atom. The van der Waals surface area contributed by atoms with Gasteiger partial charge in [-0.15, -0.1) is 0 Å². The number of carbonyl (C=O) groups excluding carboxylic acids is 1. The molecule has 0 N–H and O–H groups in total. The van der Waals surface area contributed by atoms with Gasteiger partial charge in [-0.1, -0.05) is 59.2 Å². The summed E-state index contributed by atoms with van der Waals surface area (Å²) >= 11 is 0. The Kier molecular flexibility index (Phi) is 12.8. The zero-order valence-corrected chi connectivity index (χ0v) is 23.8. The first kappa shape index (κ1) is 30.6. The Labute approximate surface area is 222 Å². The number of hydrogen-bond acceptors (Lipinski definition) is 4. The van der Waals surface area contributed by atoms with Gasteiger partial charge in [0, 0.05) is 17.7 Å². The summed E-state index contributed by atoms with van der Waals surface area (Å²) in [6, 6.07) is 7.97. The average molecular weight is 481 g/mol. The van der Waals surface area contributed by atoms with Crippen LogP contribution in [0.1, 0.15) is 70.0 Å². The minimum absolute atomic E-state index is 0. The molecule has 4 nitrogen and oxygen atoms in total. The van der Waals surface area contributed by atoms with Crippen LogP contribution < -0.4 is 38.4 Å². The van der Waals surface area contributed by atoms with Crippen LogP contribution in [0.25, 0.3) is 0 Å². The van der Waals surface area contributed by atoms with Crippen molar-refractivity contribution in [3.8, 4) is 17.2 Å². The summed E-state index contributed by atoms with van der Waals surface area (Å²) in [7, 11) is -0.101. The number of carbonyl (C=O) groups is 1. The van der Waals surface area contributed by atoms with Crippen LogP contribution in [0.4, 0.5) is 0 Å². The Bertz CT molecular complexity index is 904. The standard InChI is InChI=1S/C28H41O4P.Li.H/c1-17(2)14-30-23-12-24(31-15-18(3)4)27(25(13-23)32-16-19(5)6)33-28(29)26-21(8)10-20(7)11-22(26)9;;/h10-13,17-19,33H,14-16H2,1-9H3;;/q;+1;-1. The molecule has 184 valence electrons. The van der Waals surface area contributed by atoms with Crippen molar-refractivity contribution in [2.45, 2.75) is 62.3 Å². The van der Waals surface area contributed by atoms with E-state index in [1.54, 1.807) is 0 Å². The van der Waals surface area contributed by atoms with Crippen LogP contribution in [0, 0.1) is 38.5 Å². The molecule has 2 aromatic rings. The maximum Gasteiger partial charge on any atom is 1.00 e. The summed E-state index contributed by atoms with van der Waals surface area (Å²) in [5, 5.41) is 0.817. The maximum absolute atomic E-state index is 13.5. The van der Waals surface area contributed by atoms with Gasteiger partial charge in [0.05, 0.1) is 25.1 Å². The minimum atomic E-state index is -0.101. The normalized spacial score (nSPS) is 11.4. The second-order valence-corrected chi connectivity index (χ2v) is 11.3. The van der Waals surface area contributed by atoms with Crippen LogP contribution in [0.2, 0.25) is 0 Å². The van der Waals surface area contributed by atoms with Crippen LogP contribution in [0.3, 0.4) is 0 Å². The largest absolute Gasteiger partial charge is 1.00 e. The third-order valence-electron chi connectivity index (χ3n) is 4.91. The molecular weight excluding hydrogens is 438 g/mol. The van der Waals surface area contributed by atoms with Crippen LogP contribution in [-0.4, -0.2) is 25.3 Å². The van der Waals surface area contributed by atoms with Crippen molar-refractivity contribution in [1.82, 2.24) is 0 Å². The van der Waals surface area contributed by atoms with E-state index in [1.165, 1.54) is 5.56 Å². The molecule has 2 aromatic carbocycles. The van der Waals surface area contributed by atoms with Gasteiger partial charge in [0.2, 0.25) is 0 Å². The maximum atomic E-state index is 13.5. The van der Waals surface area contributed by atoms with E-state index >= 15 is 0 Å². The first-order chi connectivity index (χ1) is 15.5. The molecule has 0 aromatic heterocycles. The fourth-order valence-corrected chi connectivity index (χ4v) is 4.77. The minimum Gasteiger partial charge on any atom is -1.00 e. The summed E-state index contributed by atoms with van der Waals surface area (Å²) in [5.74, 6) is 3.19. The Morgan fingerprint density at radius 1 is 0.765 bits per heavy atom. The third-order valence-corrected chi connectivity index (χ3v) is 6.13. The molecule has 0 saturated carbocycles. The fourth-order valence-electron chi connectivity index (χ4n) is 3.49. The molecule has 34 heavy (non-hydrogen) atoms. The van der Waals surface area contributed by atoms with E-state index in [1.807, 2.05) is 26.0 Å². The topological polar surface area (TPSA) is 44.8 Å². The molecule has 0 spiro atoms. The molecule has 0 heterocycles. The Hall–Kier alpha value is -1.46. The zero-order chi connectivity index (χ0) is 24.7. The van der Waals surface area contributed by atoms with Gasteiger partial charge >= 0.3 is 18.9 Å². The monoisotopic (exact) mass is 480 g/mol. The van der Waals surface area contributed by atoms with Gasteiger partial charge in [-0.3, -0.25) is 4.79 Å². The summed E-state index contributed by atoms with van der Waals surface area (Å²) in [6.07, 6.45) is 0. The molecule has 1 atom stereocenters. The average Bonchev–Trinajstić information content (AvgIpc) is 2.69. The SMILES string of the molecule is Cc1cc(C)c(C(=O)Pc2c(OCC(C)C)cc(OCC(C)C)cc2OCC(C)C)c(C)c1.[H-].[Li+]. The van der Waals surface area contributed by atoms with Crippen molar-refractivity contribution in [1.29, 1.82) is 0 Å². The number of rotatable bonds is 12. The Balaban J connectivity index is 0.00000578. The van der Waals surface area contributed by atoms with Crippen molar-refractivity contribution in [2.75, 3.05) is 19.8 Å². The molecule has 6 heteroatoms. The first-order valence-electron chi connectivity index (χ1n) is 11.9. The second kappa shape index (κ2) is 14.2.